The number of aliphatic hydroxyl groups excluding tert-OH is 1. The summed E-state index contributed by atoms with van der Waals surface area (Å²) in [6.07, 6.45) is 3.76. The van der Waals surface area contributed by atoms with Crippen LogP contribution in [-0.2, 0) is 13.6 Å². The van der Waals surface area contributed by atoms with Crippen LogP contribution in [0, 0.1) is 5.82 Å². The van der Waals surface area contributed by atoms with E-state index in [2.05, 4.69) is 10.6 Å². The molecule has 2 amide bonds. The first-order chi connectivity index (χ1) is 10.5. The van der Waals surface area contributed by atoms with Crippen molar-refractivity contribution in [3.63, 3.8) is 0 Å². The van der Waals surface area contributed by atoms with Crippen LogP contribution in [0.15, 0.2) is 36.7 Å². The van der Waals surface area contributed by atoms with Crippen LogP contribution in [0.25, 0.3) is 0 Å². The highest BCUT2D eigenvalue weighted by atomic mass is 35.5. The second kappa shape index (κ2) is 7.29. The highest BCUT2D eigenvalue weighted by Crippen LogP contribution is 2.20. The molecule has 1 aromatic carbocycles. The molecule has 1 unspecified atom stereocenters. The SMILES string of the molecule is Cn1ccc(CNC(=O)NC(CO)c2ccc(Cl)c(F)c2)c1. The molecule has 2 aromatic rings. The van der Waals surface area contributed by atoms with Crippen molar-refractivity contribution >= 4 is 17.6 Å². The minimum atomic E-state index is -0.706. The van der Waals surface area contributed by atoms with Crippen molar-refractivity contribution in [2.45, 2.75) is 12.6 Å². The van der Waals surface area contributed by atoms with Gasteiger partial charge in [0, 0.05) is 26.0 Å². The molecule has 7 heteroatoms. The predicted molar refractivity (Wildman–Crippen MR) is 82.0 cm³/mol. The van der Waals surface area contributed by atoms with Gasteiger partial charge in [0.05, 0.1) is 17.7 Å². The summed E-state index contributed by atoms with van der Waals surface area (Å²) in [7, 11) is 1.89. The van der Waals surface area contributed by atoms with Gasteiger partial charge >= 0.3 is 6.03 Å². The smallest absolute Gasteiger partial charge is 0.315 e. The normalized spacial score (nSPS) is 12.0. The van der Waals surface area contributed by atoms with E-state index in [0.29, 0.717) is 12.1 Å². The van der Waals surface area contributed by atoms with Gasteiger partial charge in [-0.3, -0.25) is 0 Å². The highest BCUT2D eigenvalue weighted by Gasteiger charge is 2.15. The lowest BCUT2D eigenvalue weighted by molar-refractivity contribution is 0.216. The first-order valence-electron chi connectivity index (χ1n) is 6.70. The third-order valence-corrected chi connectivity index (χ3v) is 3.49. The number of aliphatic hydroxyl groups is 1. The van der Waals surface area contributed by atoms with Gasteiger partial charge < -0.3 is 20.3 Å². The lowest BCUT2D eigenvalue weighted by Gasteiger charge is -2.17. The Bertz CT molecular complexity index is 660. The number of nitrogens with one attached hydrogen (secondary N) is 2. The zero-order valence-electron chi connectivity index (χ0n) is 12.0. The van der Waals surface area contributed by atoms with E-state index in [4.69, 9.17) is 11.6 Å². The standard InChI is InChI=1S/C15H17ClFN3O2/c1-20-5-4-10(8-20)7-18-15(22)19-14(9-21)11-2-3-12(16)13(17)6-11/h2-6,8,14,21H,7,9H2,1H3,(H2,18,19,22). The number of carbonyl (C=O) groups is 1. The van der Waals surface area contributed by atoms with Crippen LogP contribution in [0.1, 0.15) is 17.2 Å². The Labute approximate surface area is 132 Å². The molecule has 0 aliphatic heterocycles. The highest BCUT2D eigenvalue weighted by molar-refractivity contribution is 6.30. The van der Waals surface area contributed by atoms with Gasteiger partial charge in [-0.15, -0.1) is 0 Å². The van der Waals surface area contributed by atoms with E-state index >= 15 is 0 Å². The topological polar surface area (TPSA) is 66.3 Å². The molecule has 1 aromatic heterocycles. The summed E-state index contributed by atoms with van der Waals surface area (Å²) in [6, 6.07) is 4.88. The molecule has 0 saturated heterocycles. The van der Waals surface area contributed by atoms with E-state index in [9.17, 15) is 14.3 Å². The molecule has 0 spiro atoms. The minimum Gasteiger partial charge on any atom is -0.394 e. The molecule has 0 radical (unpaired) electrons. The van der Waals surface area contributed by atoms with Crippen LogP contribution >= 0.6 is 11.6 Å². The Hall–Kier alpha value is -2.05. The van der Waals surface area contributed by atoms with Crippen molar-refractivity contribution in [1.82, 2.24) is 15.2 Å². The van der Waals surface area contributed by atoms with E-state index in [-0.39, 0.29) is 11.6 Å². The number of rotatable bonds is 5. The summed E-state index contributed by atoms with van der Waals surface area (Å²) in [5.74, 6) is -0.593. The van der Waals surface area contributed by atoms with Crippen molar-refractivity contribution in [1.29, 1.82) is 0 Å². The predicted octanol–water partition coefficient (Wildman–Crippen LogP) is 2.35. The van der Waals surface area contributed by atoms with Crippen LogP contribution in [0.3, 0.4) is 0 Å². The number of aryl methyl sites for hydroxylation is 1. The number of hydrogen-bond donors (Lipinski definition) is 3. The van der Waals surface area contributed by atoms with Gasteiger partial charge in [0.25, 0.3) is 0 Å². The first-order valence-corrected chi connectivity index (χ1v) is 7.08. The van der Waals surface area contributed by atoms with E-state index in [1.54, 1.807) is 6.07 Å². The largest absolute Gasteiger partial charge is 0.394 e. The fourth-order valence-electron chi connectivity index (χ4n) is 2.02. The van der Waals surface area contributed by atoms with Crippen LogP contribution in [0.5, 0.6) is 0 Å². The Kier molecular flexibility index (Phi) is 5.41. The molecule has 0 fully saturated rings. The number of urea groups is 1. The summed E-state index contributed by atoms with van der Waals surface area (Å²) < 4.78 is 15.3. The Balaban J connectivity index is 1.94. The lowest BCUT2D eigenvalue weighted by Crippen LogP contribution is -2.38. The van der Waals surface area contributed by atoms with Crippen LogP contribution in [0.2, 0.25) is 5.02 Å². The fourth-order valence-corrected chi connectivity index (χ4v) is 2.14. The summed E-state index contributed by atoms with van der Waals surface area (Å²) in [6.45, 7) is 0.0135. The van der Waals surface area contributed by atoms with Crippen molar-refractivity contribution in [3.05, 3.63) is 58.6 Å². The molecule has 1 heterocycles. The molecular formula is C15H17ClFN3O2. The number of hydrogen-bond acceptors (Lipinski definition) is 2. The number of benzene rings is 1. The second-order valence-electron chi connectivity index (χ2n) is 4.92. The first kappa shape index (κ1) is 16.3. The van der Waals surface area contributed by atoms with Gasteiger partial charge in [0.1, 0.15) is 5.82 Å². The number of aromatic nitrogens is 1. The lowest BCUT2D eigenvalue weighted by atomic mass is 10.1. The van der Waals surface area contributed by atoms with E-state index in [1.807, 2.05) is 30.1 Å². The molecule has 22 heavy (non-hydrogen) atoms. The number of carbonyl (C=O) groups excluding carboxylic acids is 1. The third-order valence-electron chi connectivity index (χ3n) is 3.18. The molecule has 0 aliphatic carbocycles. The molecule has 5 nitrogen and oxygen atoms in total. The van der Waals surface area contributed by atoms with Crippen LogP contribution < -0.4 is 10.6 Å². The van der Waals surface area contributed by atoms with E-state index in [0.717, 1.165) is 5.56 Å². The molecule has 2 rings (SSSR count). The second-order valence-corrected chi connectivity index (χ2v) is 5.33. The fraction of sp³-hybridized carbons (Fsp3) is 0.267. The maximum atomic E-state index is 13.4. The average molecular weight is 326 g/mol. The van der Waals surface area contributed by atoms with Gasteiger partial charge in [0.2, 0.25) is 0 Å². The van der Waals surface area contributed by atoms with Gasteiger partial charge in [-0.1, -0.05) is 17.7 Å². The maximum Gasteiger partial charge on any atom is 0.315 e. The molecular weight excluding hydrogens is 309 g/mol. The summed E-state index contributed by atoms with van der Waals surface area (Å²) in [5.41, 5.74) is 1.40. The number of nitrogens with zero attached hydrogens (tertiary/aromatic N) is 1. The molecule has 3 N–H and O–H groups in total. The van der Waals surface area contributed by atoms with Crippen molar-refractivity contribution in [2.24, 2.45) is 7.05 Å². The minimum absolute atomic E-state index is 0.00558. The van der Waals surface area contributed by atoms with Crippen molar-refractivity contribution in [3.8, 4) is 0 Å². The number of amides is 2. The summed E-state index contributed by atoms with van der Waals surface area (Å²) in [5, 5.41) is 14.6. The van der Waals surface area contributed by atoms with Crippen LogP contribution in [-0.4, -0.2) is 22.3 Å². The monoisotopic (exact) mass is 325 g/mol. The van der Waals surface area contributed by atoms with Crippen molar-refractivity contribution in [2.75, 3.05) is 6.61 Å². The van der Waals surface area contributed by atoms with E-state index < -0.39 is 17.9 Å². The van der Waals surface area contributed by atoms with Gasteiger partial charge in [-0.05, 0) is 29.3 Å². The summed E-state index contributed by atoms with van der Waals surface area (Å²) >= 11 is 5.61. The molecule has 0 saturated carbocycles. The Morgan fingerprint density at radius 2 is 2.23 bits per heavy atom. The molecule has 0 bridgehead atoms. The third kappa shape index (κ3) is 4.22. The van der Waals surface area contributed by atoms with Crippen LogP contribution in [0.4, 0.5) is 9.18 Å². The summed E-state index contributed by atoms with van der Waals surface area (Å²) in [4.78, 5) is 11.9. The van der Waals surface area contributed by atoms with Gasteiger partial charge in [0.15, 0.2) is 0 Å². The Morgan fingerprint density at radius 1 is 1.45 bits per heavy atom. The average Bonchev–Trinajstić information content (AvgIpc) is 2.91. The van der Waals surface area contributed by atoms with Crippen molar-refractivity contribution < 1.29 is 14.3 Å². The van der Waals surface area contributed by atoms with E-state index in [1.165, 1.54) is 12.1 Å². The zero-order valence-corrected chi connectivity index (χ0v) is 12.8. The maximum absolute atomic E-state index is 13.4. The van der Waals surface area contributed by atoms with Gasteiger partial charge in [-0.2, -0.15) is 0 Å². The zero-order chi connectivity index (χ0) is 16.1. The quantitative estimate of drug-likeness (QED) is 0.790. The molecule has 118 valence electrons. The van der Waals surface area contributed by atoms with Gasteiger partial charge in [-0.25, -0.2) is 9.18 Å². The Morgan fingerprint density at radius 3 is 2.82 bits per heavy atom. The molecule has 1 atom stereocenters. The molecule has 0 aliphatic rings. The number of halogens is 2.